The van der Waals surface area contributed by atoms with Crippen molar-refractivity contribution in [2.24, 2.45) is 0 Å². The lowest BCUT2D eigenvalue weighted by atomic mass is 10.2. The number of nitrogens with one attached hydrogen (secondary N) is 3. The van der Waals surface area contributed by atoms with Crippen molar-refractivity contribution in [1.82, 2.24) is 5.32 Å². The van der Waals surface area contributed by atoms with E-state index in [1.165, 1.54) is 6.92 Å². The van der Waals surface area contributed by atoms with Crippen molar-refractivity contribution >= 4 is 40.5 Å². The van der Waals surface area contributed by atoms with Crippen LogP contribution in [0.4, 0.5) is 11.4 Å². The standard InChI is InChI=1S/C18H19N3O3S/c1-3-24-16-10-5-4-9-15(16)17(23)21-18(25)20-14-8-6-7-13(11-14)19-12(2)22/h4-11H,3H2,1-2H3,(H,19,22)(H2,20,21,23,25). The SMILES string of the molecule is CCOc1ccccc1C(=O)NC(=S)Nc1cccc(NC(C)=O)c1. The summed E-state index contributed by atoms with van der Waals surface area (Å²) in [6, 6.07) is 14.0. The van der Waals surface area contributed by atoms with Crippen molar-refractivity contribution < 1.29 is 14.3 Å². The maximum Gasteiger partial charge on any atom is 0.261 e. The summed E-state index contributed by atoms with van der Waals surface area (Å²) >= 11 is 5.18. The highest BCUT2D eigenvalue weighted by molar-refractivity contribution is 7.80. The molecule has 130 valence electrons. The zero-order chi connectivity index (χ0) is 18.2. The van der Waals surface area contributed by atoms with E-state index in [1.807, 2.05) is 6.92 Å². The first-order valence-corrected chi connectivity index (χ1v) is 8.12. The molecule has 2 aromatic rings. The van der Waals surface area contributed by atoms with Gasteiger partial charge in [-0.15, -0.1) is 0 Å². The summed E-state index contributed by atoms with van der Waals surface area (Å²) in [5.41, 5.74) is 1.68. The fraction of sp³-hybridized carbons (Fsp3) is 0.167. The number of carbonyl (C=O) groups is 2. The largest absolute Gasteiger partial charge is 0.493 e. The summed E-state index contributed by atoms with van der Waals surface area (Å²) in [6.45, 7) is 3.74. The van der Waals surface area contributed by atoms with Crippen LogP contribution in [-0.2, 0) is 4.79 Å². The molecule has 0 radical (unpaired) electrons. The molecule has 0 aliphatic carbocycles. The van der Waals surface area contributed by atoms with Crippen molar-refractivity contribution in [2.45, 2.75) is 13.8 Å². The topological polar surface area (TPSA) is 79.5 Å². The Morgan fingerprint density at radius 3 is 2.40 bits per heavy atom. The summed E-state index contributed by atoms with van der Waals surface area (Å²) in [5.74, 6) is -0.0296. The van der Waals surface area contributed by atoms with Crippen LogP contribution in [0.2, 0.25) is 0 Å². The first-order valence-electron chi connectivity index (χ1n) is 7.71. The number of amides is 2. The fourth-order valence-corrected chi connectivity index (χ4v) is 2.36. The second-order valence-electron chi connectivity index (χ2n) is 5.10. The molecule has 0 unspecified atom stereocenters. The Bertz CT molecular complexity index is 793. The van der Waals surface area contributed by atoms with E-state index in [0.29, 0.717) is 29.3 Å². The normalized spacial score (nSPS) is 9.84. The van der Waals surface area contributed by atoms with Crippen LogP contribution >= 0.6 is 12.2 Å². The Morgan fingerprint density at radius 2 is 1.72 bits per heavy atom. The minimum Gasteiger partial charge on any atom is -0.493 e. The van der Waals surface area contributed by atoms with Gasteiger partial charge < -0.3 is 15.4 Å². The molecule has 0 heterocycles. The van der Waals surface area contributed by atoms with Crippen LogP contribution in [0.15, 0.2) is 48.5 Å². The van der Waals surface area contributed by atoms with E-state index in [1.54, 1.807) is 48.5 Å². The van der Waals surface area contributed by atoms with Crippen molar-refractivity contribution in [3.05, 3.63) is 54.1 Å². The van der Waals surface area contributed by atoms with Crippen LogP contribution in [0.5, 0.6) is 5.75 Å². The molecule has 2 aromatic carbocycles. The zero-order valence-electron chi connectivity index (χ0n) is 14.0. The Labute approximate surface area is 151 Å². The maximum absolute atomic E-state index is 12.4. The average Bonchev–Trinajstić information content (AvgIpc) is 2.55. The van der Waals surface area contributed by atoms with E-state index >= 15 is 0 Å². The lowest BCUT2D eigenvalue weighted by molar-refractivity contribution is -0.114. The van der Waals surface area contributed by atoms with Crippen molar-refractivity contribution in [3.8, 4) is 5.75 Å². The molecule has 3 N–H and O–H groups in total. The molecule has 0 fully saturated rings. The summed E-state index contributed by atoms with van der Waals surface area (Å²) in [6.07, 6.45) is 0. The molecule has 0 saturated heterocycles. The van der Waals surface area contributed by atoms with Gasteiger partial charge in [-0.25, -0.2) is 0 Å². The molecule has 6 nitrogen and oxygen atoms in total. The highest BCUT2D eigenvalue weighted by atomic mass is 32.1. The second-order valence-corrected chi connectivity index (χ2v) is 5.51. The van der Waals surface area contributed by atoms with Crippen LogP contribution in [0.25, 0.3) is 0 Å². The van der Waals surface area contributed by atoms with Crippen LogP contribution in [0.3, 0.4) is 0 Å². The van der Waals surface area contributed by atoms with Gasteiger partial charge in [0.15, 0.2) is 5.11 Å². The van der Waals surface area contributed by atoms with Gasteiger partial charge in [0.25, 0.3) is 5.91 Å². The number of thiocarbonyl (C=S) groups is 1. The minimum absolute atomic E-state index is 0.149. The highest BCUT2D eigenvalue weighted by Gasteiger charge is 2.13. The van der Waals surface area contributed by atoms with Gasteiger partial charge >= 0.3 is 0 Å². The predicted octanol–water partition coefficient (Wildman–Crippen LogP) is 3.17. The second kappa shape index (κ2) is 8.79. The maximum atomic E-state index is 12.4. The first-order chi connectivity index (χ1) is 12.0. The van der Waals surface area contributed by atoms with Crippen LogP contribution in [0, 0.1) is 0 Å². The van der Waals surface area contributed by atoms with Gasteiger partial charge in [0.05, 0.1) is 12.2 Å². The summed E-state index contributed by atoms with van der Waals surface area (Å²) in [7, 11) is 0. The van der Waals surface area contributed by atoms with E-state index in [2.05, 4.69) is 16.0 Å². The van der Waals surface area contributed by atoms with E-state index in [4.69, 9.17) is 17.0 Å². The van der Waals surface area contributed by atoms with Gasteiger partial charge in [0.1, 0.15) is 5.75 Å². The molecule has 0 aliphatic rings. The Balaban J connectivity index is 2.03. The Kier molecular flexibility index (Phi) is 6.47. The third-order valence-corrected chi connectivity index (χ3v) is 3.30. The lowest BCUT2D eigenvalue weighted by Gasteiger charge is -2.13. The number of hydrogen-bond donors (Lipinski definition) is 3. The minimum atomic E-state index is -0.362. The Morgan fingerprint density at radius 1 is 1.04 bits per heavy atom. The van der Waals surface area contributed by atoms with Crippen LogP contribution in [0.1, 0.15) is 24.2 Å². The zero-order valence-corrected chi connectivity index (χ0v) is 14.8. The van der Waals surface area contributed by atoms with Crippen molar-refractivity contribution in [1.29, 1.82) is 0 Å². The third kappa shape index (κ3) is 5.58. The molecule has 7 heteroatoms. The molecule has 0 aliphatic heterocycles. The quantitative estimate of drug-likeness (QED) is 0.716. The average molecular weight is 357 g/mol. The number of benzene rings is 2. The predicted molar refractivity (Wildman–Crippen MR) is 102 cm³/mol. The summed E-state index contributed by atoms with van der Waals surface area (Å²) < 4.78 is 5.45. The molecular weight excluding hydrogens is 338 g/mol. The van der Waals surface area contributed by atoms with Gasteiger partial charge in [0.2, 0.25) is 5.91 Å². The van der Waals surface area contributed by atoms with E-state index in [9.17, 15) is 9.59 Å². The third-order valence-electron chi connectivity index (χ3n) is 3.10. The fourth-order valence-electron chi connectivity index (χ4n) is 2.15. The number of anilines is 2. The van der Waals surface area contributed by atoms with E-state index in [0.717, 1.165) is 0 Å². The van der Waals surface area contributed by atoms with E-state index in [-0.39, 0.29) is 16.9 Å². The number of rotatable bonds is 5. The molecular formula is C18H19N3O3S. The number of hydrogen-bond acceptors (Lipinski definition) is 4. The highest BCUT2D eigenvalue weighted by Crippen LogP contribution is 2.18. The molecule has 25 heavy (non-hydrogen) atoms. The van der Waals surface area contributed by atoms with E-state index < -0.39 is 0 Å². The molecule has 0 bridgehead atoms. The van der Waals surface area contributed by atoms with Gasteiger partial charge in [-0.1, -0.05) is 18.2 Å². The molecule has 2 rings (SSSR count). The van der Waals surface area contributed by atoms with Gasteiger partial charge in [0, 0.05) is 18.3 Å². The molecule has 0 aromatic heterocycles. The van der Waals surface area contributed by atoms with Gasteiger partial charge in [-0.2, -0.15) is 0 Å². The summed E-state index contributed by atoms with van der Waals surface area (Å²) in [5, 5.41) is 8.36. The van der Waals surface area contributed by atoms with Crippen LogP contribution < -0.4 is 20.7 Å². The van der Waals surface area contributed by atoms with Gasteiger partial charge in [-0.3, -0.25) is 14.9 Å². The molecule has 0 saturated carbocycles. The van der Waals surface area contributed by atoms with Crippen LogP contribution in [-0.4, -0.2) is 23.5 Å². The van der Waals surface area contributed by atoms with Gasteiger partial charge in [-0.05, 0) is 49.5 Å². The monoisotopic (exact) mass is 357 g/mol. The number of para-hydroxylation sites is 1. The number of ether oxygens (including phenoxy) is 1. The molecule has 0 spiro atoms. The first kappa shape index (κ1) is 18.4. The lowest BCUT2D eigenvalue weighted by Crippen LogP contribution is -2.34. The Hall–Kier alpha value is -2.93. The molecule has 2 amide bonds. The number of carbonyl (C=O) groups excluding carboxylic acids is 2. The van der Waals surface area contributed by atoms with Crippen molar-refractivity contribution in [2.75, 3.05) is 17.2 Å². The summed E-state index contributed by atoms with van der Waals surface area (Å²) in [4.78, 5) is 23.5. The van der Waals surface area contributed by atoms with Crippen molar-refractivity contribution in [3.63, 3.8) is 0 Å². The smallest absolute Gasteiger partial charge is 0.261 e. The molecule has 0 atom stereocenters.